The van der Waals surface area contributed by atoms with E-state index in [9.17, 15) is 42.7 Å². The van der Waals surface area contributed by atoms with Crippen LogP contribution in [0.3, 0.4) is 0 Å². The normalized spacial score (nSPS) is 11.4. The van der Waals surface area contributed by atoms with Crippen LogP contribution in [0.25, 0.3) is 94.4 Å². The molecule has 0 N–H and O–H groups in total. The Kier molecular flexibility index (Phi) is 36.9. The van der Waals surface area contributed by atoms with Crippen LogP contribution in [0.15, 0.2) is 267 Å². The maximum absolute atomic E-state index is 13.7. The van der Waals surface area contributed by atoms with E-state index in [1.807, 2.05) is 177 Å². The van der Waals surface area contributed by atoms with Crippen LogP contribution in [0.4, 0.5) is 4.39 Å². The maximum Gasteiger partial charge on any atom is 0.169 e. The topological polar surface area (TPSA) is 177 Å². The number of carbonyl (C=O) groups excluding carboxylic acids is 8. The Morgan fingerprint density at radius 3 is 1.25 bits per heavy atom. The van der Waals surface area contributed by atoms with Crippen molar-refractivity contribution in [2.75, 3.05) is 19.8 Å². The number of ether oxygens (including phenoxy) is 3. The van der Waals surface area contributed by atoms with Crippen LogP contribution in [-0.2, 0) is 12.8 Å². The Balaban J connectivity index is 0.000000141. The average Bonchev–Trinajstić information content (AvgIpc) is 1.76. The van der Waals surface area contributed by atoms with Gasteiger partial charge in [-0.05, 0) is 347 Å². The Hall–Kier alpha value is -12.5. The number of benzene rings is 8. The van der Waals surface area contributed by atoms with Crippen LogP contribution in [0.2, 0.25) is 0 Å². The van der Waals surface area contributed by atoms with Crippen molar-refractivity contribution in [3.8, 4) is 101 Å². The number of aromatic nitrogens is 1. The van der Waals surface area contributed by atoms with Crippen LogP contribution in [-0.4, -0.2) is 71.1 Å². The van der Waals surface area contributed by atoms with Crippen LogP contribution < -0.4 is 14.2 Å². The van der Waals surface area contributed by atoms with Crippen LogP contribution in [0, 0.1) is 60.2 Å². The van der Waals surface area contributed by atoms with Crippen LogP contribution >= 0.6 is 90.7 Å². The number of Topliss-reactive ketones (excluding diaryl/α,β-unsaturated/α-hetero) is 8. The van der Waals surface area contributed by atoms with E-state index in [1.54, 1.807) is 112 Å². The fraction of sp³-hybridized carbons (Fsp3) is 0.216. The first-order valence-corrected chi connectivity index (χ1v) is 51.6. The Bertz CT molecular complexity index is 7160. The number of nitrogens with zero attached hydrogens (tertiary/aromatic N) is 1. The molecule has 700 valence electrons. The van der Waals surface area contributed by atoms with E-state index in [-0.39, 0.29) is 52.1 Å². The van der Waals surface area contributed by atoms with Gasteiger partial charge in [0, 0.05) is 72.9 Å². The van der Waals surface area contributed by atoms with Gasteiger partial charge < -0.3 is 14.2 Å². The Labute approximate surface area is 834 Å². The predicted octanol–water partition coefficient (Wildman–Crippen LogP) is 33.5. The third-order valence-corrected chi connectivity index (χ3v) is 32.3. The zero-order valence-corrected chi connectivity index (χ0v) is 86.5. The number of halogens is 1. The first kappa shape index (κ1) is 103. The zero-order chi connectivity index (χ0) is 98.3. The molecule has 0 spiro atoms. The van der Waals surface area contributed by atoms with Gasteiger partial charge in [0.1, 0.15) is 24.8 Å². The third kappa shape index (κ3) is 27.9. The summed E-state index contributed by atoms with van der Waals surface area (Å²) in [7, 11) is 0. The van der Waals surface area contributed by atoms with Gasteiger partial charge >= 0.3 is 0 Å². The minimum Gasteiger partial charge on any atom is -0.493 e. The minimum atomic E-state index is -0.239. The van der Waals surface area contributed by atoms with E-state index in [2.05, 4.69) is 133 Å². The van der Waals surface area contributed by atoms with Gasteiger partial charge in [-0.25, -0.2) is 4.39 Å². The number of hydrogen-bond donors (Lipinski definition) is 0. The summed E-state index contributed by atoms with van der Waals surface area (Å²) in [6.07, 6.45) is 6.86. The van der Waals surface area contributed by atoms with Crippen molar-refractivity contribution in [3.05, 3.63) is 362 Å². The number of fused-ring (bicyclic) bond motifs is 3. The maximum atomic E-state index is 13.7. The molecule has 0 atom stereocenters. The molecule has 12 nitrogen and oxygen atoms in total. The molecule has 0 radical (unpaired) electrons. The Morgan fingerprint density at radius 2 is 0.730 bits per heavy atom. The lowest BCUT2D eigenvalue weighted by atomic mass is 9.90. The van der Waals surface area contributed by atoms with Crippen LogP contribution in [0.5, 0.6) is 17.2 Å². The predicted molar refractivity (Wildman–Crippen MR) is 574 cm³/mol. The standard InChI is InChI=1S/C16H18O2S.C16H16OS.C15H11NOS.C15H16OS.C14H12O3S.C14H14OS.C13H11FOS.C13H12OS/c1-11(2)10-18-14-7-5-4-6-13(14)16-9-8-15(19-16)12(3)17;1-11(17)15-8-9-16(18-15)14-7-6-12-4-2-3-5-13(12)10-14;1-10(17)14-6-7-15(18-14)12-8-9-16-13-5-3-2-4-11(12)13;1-9-7-11(3)13(8-10(9)2)15-6-5-14(17-15)12(4)16;1-9(15)12-5-6-13(18-12)10-3-2-4-11-14(10)17-8-7-16-11;1-9-4-5-12(8-10(9)2)14-7-6-13(16-14)11(3)15;1-8-4-3-5-10(14)13(8)12-7-6-11(16-12)9(2)15;1-9-5-3-4-6-11(9)13-8-7-12(15-13)10(2)14/h4-9,11H,10H2,1-3H3;6-10H,2-5H2,1H3;2-9H,1H3;5-8H,1-4H3;2-6H,7-8H2,1H3;4-8H,1-3H3;3-7H,1-2H3;3-8H,1-2H3. The quantitative estimate of drug-likeness (QED) is 0.0701. The van der Waals surface area contributed by atoms with E-state index in [1.165, 1.54) is 165 Å². The zero-order valence-electron chi connectivity index (χ0n) is 80.0. The van der Waals surface area contributed by atoms with Crippen molar-refractivity contribution >= 4 is 148 Å². The first-order chi connectivity index (χ1) is 65.7. The molecule has 0 saturated carbocycles. The monoisotopic (exact) mass is 1970 g/mol. The van der Waals surface area contributed by atoms with Gasteiger partial charge in [0.05, 0.1) is 51.1 Å². The summed E-state index contributed by atoms with van der Waals surface area (Å²) in [5, 5.41) is 1.12. The number of thiophene rings is 8. The van der Waals surface area contributed by atoms with Crippen molar-refractivity contribution in [1.82, 2.24) is 4.98 Å². The highest BCUT2D eigenvalue weighted by atomic mass is 32.1. The molecule has 2 aliphatic rings. The van der Waals surface area contributed by atoms with Crippen molar-refractivity contribution in [2.24, 2.45) is 5.92 Å². The lowest BCUT2D eigenvalue weighted by Crippen LogP contribution is -2.15. The second kappa shape index (κ2) is 49.0. The number of pyridine rings is 1. The summed E-state index contributed by atoms with van der Waals surface area (Å²) in [5.74, 6) is 3.60. The van der Waals surface area contributed by atoms with Gasteiger partial charge in [0.15, 0.2) is 57.8 Å². The van der Waals surface area contributed by atoms with E-state index in [0.717, 1.165) is 109 Å². The molecule has 10 heterocycles. The summed E-state index contributed by atoms with van der Waals surface area (Å²) < 4.78 is 30.7. The van der Waals surface area contributed by atoms with Gasteiger partial charge in [0.25, 0.3) is 0 Å². The molecule has 0 amide bonds. The minimum absolute atomic E-state index is 0.0187. The summed E-state index contributed by atoms with van der Waals surface area (Å²) in [5.41, 5.74) is 21.3. The number of rotatable bonds is 19. The SMILES string of the molecule is CC(=O)c1ccc(-c2c(C)cccc2F)s1.CC(=O)c1ccc(-c2cc(C)c(C)cc2C)s1.CC(=O)c1ccc(-c2ccc(C)c(C)c2)s1.CC(=O)c1ccc(-c2ccc3c(c2)CCCC3)s1.CC(=O)c1ccc(-c2cccc3c2OCCO3)s1.CC(=O)c1ccc(-c2ccccc2C)s1.CC(=O)c1ccc(-c2ccccc2OCC(C)C)s1.CC(=O)c1ccc(-c2ccnc3ccccc23)s1. The Morgan fingerprint density at radius 1 is 0.328 bits per heavy atom. The lowest BCUT2D eigenvalue weighted by molar-refractivity contribution is 0.101. The fourth-order valence-electron chi connectivity index (χ4n) is 14.8. The largest absolute Gasteiger partial charge is 0.493 e. The molecule has 0 unspecified atom stereocenters. The third-order valence-electron chi connectivity index (χ3n) is 22.5. The molecule has 9 aromatic heterocycles. The molecule has 1 aliphatic heterocycles. The highest BCUT2D eigenvalue weighted by Crippen LogP contribution is 2.44. The molecule has 19 rings (SSSR count). The highest BCUT2D eigenvalue weighted by Gasteiger charge is 2.22. The van der Waals surface area contributed by atoms with Gasteiger partial charge in [0.2, 0.25) is 0 Å². The van der Waals surface area contributed by atoms with Gasteiger partial charge in [-0.15, -0.1) is 90.7 Å². The molecule has 8 aromatic carbocycles. The summed E-state index contributed by atoms with van der Waals surface area (Å²) >= 11 is 12.1. The molecule has 137 heavy (non-hydrogen) atoms. The average molecular weight is 1970 g/mol. The van der Waals surface area contributed by atoms with Crippen molar-refractivity contribution in [2.45, 2.75) is 143 Å². The van der Waals surface area contributed by atoms with E-state index >= 15 is 0 Å². The number of carbonyl (C=O) groups is 8. The molecule has 0 bridgehead atoms. The van der Waals surface area contributed by atoms with Crippen molar-refractivity contribution in [3.63, 3.8) is 0 Å². The molecular weight excluding hydrogens is 1860 g/mol. The van der Waals surface area contributed by atoms with Crippen molar-refractivity contribution in [1.29, 1.82) is 0 Å². The smallest absolute Gasteiger partial charge is 0.169 e. The molecular formula is C116H110FNO11S8. The second-order valence-corrected chi connectivity index (χ2v) is 42.3. The summed E-state index contributed by atoms with van der Waals surface area (Å²) in [6.45, 7) is 33.4. The van der Waals surface area contributed by atoms with Gasteiger partial charge in [-0.3, -0.25) is 43.3 Å². The molecule has 21 heteroatoms. The molecule has 0 saturated heterocycles. The molecule has 0 fully saturated rings. The summed E-state index contributed by atoms with van der Waals surface area (Å²) in [4.78, 5) is 110. The van der Waals surface area contributed by atoms with Crippen LogP contribution in [0.1, 0.15) is 210 Å². The van der Waals surface area contributed by atoms with Gasteiger partial charge in [-0.1, -0.05) is 135 Å². The van der Waals surface area contributed by atoms with Gasteiger partial charge in [-0.2, -0.15) is 0 Å². The van der Waals surface area contributed by atoms with E-state index < -0.39 is 0 Å². The molecule has 17 aromatic rings. The molecule has 1 aliphatic carbocycles. The fourth-order valence-corrected chi connectivity index (χ4v) is 22.4. The number of para-hydroxylation sites is 3. The van der Waals surface area contributed by atoms with E-state index in [0.29, 0.717) is 36.2 Å². The first-order valence-electron chi connectivity index (χ1n) is 45.1. The summed E-state index contributed by atoms with van der Waals surface area (Å²) in [6, 6.07) is 85.5. The highest BCUT2D eigenvalue weighted by molar-refractivity contribution is 7.20. The van der Waals surface area contributed by atoms with E-state index in [4.69, 9.17) is 14.2 Å². The number of ketones is 8. The van der Waals surface area contributed by atoms with Crippen molar-refractivity contribution < 1.29 is 57.0 Å². The number of aryl methyl sites for hydroxylation is 9. The second-order valence-electron chi connectivity index (χ2n) is 33.7. The number of hydrogen-bond acceptors (Lipinski definition) is 20. The lowest BCUT2D eigenvalue weighted by Gasteiger charge is -2.20.